The number of primary amides is 1. The molecule has 0 bridgehead atoms. The van der Waals surface area contributed by atoms with Crippen molar-refractivity contribution < 1.29 is 27.2 Å². The van der Waals surface area contributed by atoms with Gasteiger partial charge in [-0.2, -0.15) is 13.2 Å². The van der Waals surface area contributed by atoms with E-state index >= 15 is 0 Å². The number of nitrogens with two attached hydrogens (primary N) is 1. The van der Waals surface area contributed by atoms with Gasteiger partial charge in [-0.3, -0.25) is 9.59 Å². The van der Waals surface area contributed by atoms with Crippen molar-refractivity contribution in [2.75, 3.05) is 18.4 Å². The van der Waals surface area contributed by atoms with Crippen molar-refractivity contribution in [2.45, 2.75) is 13.1 Å². The monoisotopic (exact) mass is 307 g/mol. The molecule has 0 radical (unpaired) electrons. The van der Waals surface area contributed by atoms with E-state index in [2.05, 4.69) is 5.32 Å². The number of carbonyl (C=O) groups is 2. The standard InChI is InChI=1S/C12H13F4N3O2/c1-6-8(13)2-7(11(17)21)3-9(6)19-10(20)4-18-5-12(14,15)16/h2-3,18H,4-5H2,1H3,(H2,17,21)(H,19,20). The molecule has 4 N–H and O–H groups in total. The Bertz CT molecular complexity index is 558. The number of hydrogen-bond donors (Lipinski definition) is 3. The Morgan fingerprint density at radius 1 is 1.29 bits per heavy atom. The molecule has 0 unspecified atom stereocenters. The molecule has 0 spiro atoms. The first-order chi connectivity index (χ1) is 9.60. The average Bonchev–Trinajstić information content (AvgIpc) is 2.32. The van der Waals surface area contributed by atoms with Crippen LogP contribution in [0.2, 0.25) is 0 Å². The molecule has 0 aliphatic rings. The molecular formula is C12H13F4N3O2. The van der Waals surface area contributed by atoms with Crippen LogP contribution in [-0.4, -0.2) is 31.1 Å². The van der Waals surface area contributed by atoms with Gasteiger partial charge in [0, 0.05) is 16.8 Å². The van der Waals surface area contributed by atoms with Crippen molar-refractivity contribution in [2.24, 2.45) is 5.73 Å². The van der Waals surface area contributed by atoms with Crippen LogP contribution in [0.25, 0.3) is 0 Å². The van der Waals surface area contributed by atoms with Crippen LogP contribution in [0.5, 0.6) is 0 Å². The quantitative estimate of drug-likeness (QED) is 0.717. The van der Waals surface area contributed by atoms with Gasteiger partial charge in [0.25, 0.3) is 0 Å². The van der Waals surface area contributed by atoms with Crippen molar-refractivity contribution in [3.63, 3.8) is 0 Å². The zero-order chi connectivity index (χ0) is 16.2. The van der Waals surface area contributed by atoms with Gasteiger partial charge in [-0.1, -0.05) is 0 Å². The van der Waals surface area contributed by atoms with Crippen molar-refractivity contribution >= 4 is 17.5 Å². The summed E-state index contributed by atoms with van der Waals surface area (Å²) in [5.41, 5.74) is 4.87. The Labute approximate surface area is 117 Å². The number of nitrogens with one attached hydrogen (secondary N) is 2. The van der Waals surface area contributed by atoms with Gasteiger partial charge in [0.15, 0.2) is 0 Å². The molecule has 21 heavy (non-hydrogen) atoms. The Morgan fingerprint density at radius 3 is 2.43 bits per heavy atom. The third-order valence-corrected chi connectivity index (χ3v) is 2.51. The molecule has 9 heteroatoms. The summed E-state index contributed by atoms with van der Waals surface area (Å²) in [7, 11) is 0. The minimum atomic E-state index is -4.44. The molecule has 0 aromatic heterocycles. The topological polar surface area (TPSA) is 84.2 Å². The highest BCUT2D eigenvalue weighted by atomic mass is 19.4. The number of alkyl halides is 3. The average molecular weight is 307 g/mol. The van der Waals surface area contributed by atoms with Crippen LogP contribution in [0.4, 0.5) is 23.2 Å². The predicted octanol–water partition coefficient (Wildman–Crippen LogP) is 1.32. The van der Waals surface area contributed by atoms with Crippen molar-refractivity contribution in [3.8, 4) is 0 Å². The van der Waals surface area contributed by atoms with Gasteiger partial charge in [0.2, 0.25) is 11.8 Å². The lowest BCUT2D eigenvalue weighted by molar-refractivity contribution is -0.126. The molecule has 0 atom stereocenters. The van der Waals surface area contributed by atoms with E-state index in [9.17, 15) is 27.2 Å². The lowest BCUT2D eigenvalue weighted by Crippen LogP contribution is -2.35. The zero-order valence-electron chi connectivity index (χ0n) is 11.0. The van der Waals surface area contributed by atoms with Crippen LogP contribution in [0.1, 0.15) is 15.9 Å². The fourth-order valence-corrected chi connectivity index (χ4v) is 1.46. The van der Waals surface area contributed by atoms with Crippen LogP contribution in [0.15, 0.2) is 12.1 Å². The molecule has 5 nitrogen and oxygen atoms in total. The SMILES string of the molecule is Cc1c(F)cc(C(N)=O)cc1NC(=O)CNCC(F)(F)F. The zero-order valence-corrected chi connectivity index (χ0v) is 11.0. The van der Waals surface area contributed by atoms with Crippen LogP contribution >= 0.6 is 0 Å². The molecular weight excluding hydrogens is 294 g/mol. The molecule has 2 amide bonds. The van der Waals surface area contributed by atoms with Crippen LogP contribution < -0.4 is 16.4 Å². The van der Waals surface area contributed by atoms with Crippen LogP contribution in [0, 0.1) is 12.7 Å². The highest BCUT2D eigenvalue weighted by molar-refractivity contribution is 5.97. The molecule has 1 aromatic carbocycles. The first-order valence-corrected chi connectivity index (χ1v) is 5.77. The van der Waals surface area contributed by atoms with Gasteiger partial charge in [-0.05, 0) is 19.1 Å². The van der Waals surface area contributed by atoms with E-state index in [1.165, 1.54) is 6.92 Å². The minimum absolute atomic E-state index is 0.0254. The number of amides is 2. The number of hydrogen-bond acceptors (Lipinski definition) is 3. The lowest BCUT2D eigenvalue weighted by Gasteiger charge is -2.12. The Balaban J connectivity index is 2.74. The van der Waals surface area contributed by atoms with E-state index in [-0.39, 0.29) is 16.8 Å². The van der Waals surface area contributed by atoms with Gasteiger partial charge in [-0.15, -0.1) is 0 Å². The summed E-state index contributed by atoms with van der Waals surface area (Å²) >= 11 is 0. The predicted molar refractivity (Wildman–Crippen MR) is 67.2 cm³/mol. The molecule has 0 fully saturated rings. The summed E-state index contributed by atoms with van der Waals surface area (Å²) in [6.07, 6.45) is -4.44. The van der Waals surface area contributed by atoms with Crippen molar-refractivity contribution in [3.05, 3.63) is 29.1 Å². The van der Waals surface area contributed by atoms with E-state index in [0.29, 0.717) is 0 Å². The van der Waals surface area contributed by atoms with Crippen molar-refractivity contribution in [1.29, 1.82) is 0 Å². The highest BCUT2D eigenvalue weighted by Gasteiger charge is 2.26. The van der Waals surface area contributed by atoms with E-state index < -0.39 is 36.9 Å². The van der Waals surface area contributed by atoms with E-state index in [4.69, 9.17) is 5.73 Å². The number of halogens is 4. The number of rotatable bonds is 5. The summed E-state index contributed by atoms with van der Waals surface area (Å²) in [6.45, 7) is -0.588. The second-order valence-corrected chi connectivity index (χ2v) is 4.26. The summed E-state index contributed by atoms with van der Waals surface area (Å²) in [6, 6.07) is 2.07. The molecule has 116 valence electrons. The maximum Gasteiger partial charge on any atom is 0.401 e. The first kappa shape index (κ1) is 16.9. The molecule has 0 saturated heterocycles. The molecule has 1 aromatic rings. The molecule has 0 aliphatic heterocycles. The largest absolute Gasteiger partial charge is 0.401 e. The first-order valence-electron chi connectivity index (χ1n) is 5.77. The lowest BCUT2D eigenvalue weighted by atomic mass is 10.1. The maximum atomic E-state index is 13.5. The van der Waals surface area contributed by atoms with E-state index in [1.807, 2.05) is 5.32 Å². The van der Waals surface area contributed by atoms with Crippen molar-refractivity contribution in [1.82, 2.24) is 5.32 Å². The minimum Gasteiger partial charge on any atom is -0.366 e. The summed E-state index contributed by atoms with van der Waals surface area (Å²) in [5, 5.41) is 4.11. The Morgan fingerprint density at radius 2 is 1.90 bits per heavy atom. The third-order valence-electron chi connectivity index (χ3n) is 2.51. The number of carbonyl (C=O) groups excluding carboxylic acids is 2. The normalized spacial score (nSPS) is 11.3. The fraction of sp³-hybridized carbons (Fsp3) is 0.333. The van der Waals surface area contributed by atoms with E-state index in [1.54, 1.807) is 0 Å². The third kappa shape index (κ3) is 5.38. The van der Waals surface area contributed by atoms with Gasteiger partial charge in [0.1, 0.15) is 5.82 Å². The second-order valence-electron chi connectivity index (χ2n) is 4.26. The number of benzene rings is 1. The summed E-state index contributed by atoms with van der Waals surface area (Å²) in [5.74, 6) is -2.45. The number of anilines is 1. The highest BCUT2D eigenvalue weighted by Crippen LogP contribution is 2.20. The van der Waals surface area contributed by atoms with Gasteiger partial charge in [-0.25, -0.2) is 4.39 Å². The second kappa shape index (κ2) is 6.53. The van der Waals surface area contributed by atoms with Gasteiger partial charge >= 0.3 is 6.18 Å². The Hall–Kier alpha value is -2.16. The van der Waals surface area contributed by atoms with Crippen LogP contribution in [0.3, 0.4) is 0 Å². The smallest absolute Gasteiger partial charge is 0.366 e. The van der Waals surface area contributed by atoms with Gasteiger partial charge in [0.05, 0.1) is 13.1 Å². The molecule has 1 rings (SSSR count). The summed E-state index contributed by atoms with van der Waals surface area (Å²) < 4.78 is 49.2. The maximum absolute atomic E-state index is 13.5. The molecule has 0 saturated carbocycles. The Kier molecular flexibility index (Phi) is 5.25. The molecule has 0 heterocycles. The van der Waals surface area contributed by atoms with Crippen LogP contribution in [-0.2, 0) is 4.79 Å². The van der Waals surface area contributed by atoms with Gasteiger partial charge < -0.3 is 16.4 Å². The molecule has 0 aliphatic carbocycles. The van der Waals surface area contributed by atoms with E-state index in [0.717, 1.165) is 12.1 Å². The fourth-order valence-electron chi connectivity index (χ4n) is 1.46. The summed E-state index contributed by atoms with van der Waals surface area (Å²) in [4.78, 5) is 22.5.